The maximum absolute atomic E-state index is 10.8. The fraction of sp³-hybridized carbons (Fsp3) is 0. The molecule has 13 heavy (non-hydrogen) atoms. The van der Waals surface area contributed by atoms with Gasteiger partial charge in [-0.25, -0.2) is 18.4 Å². The number of carboxylic acid groups (broad SMARTS) is 1. The summed E-state index contributed by atoms with van der Waals surface area (Å²) in [6.07, 6.45) is 0. The molecular formula is C5H4BrNO5S. The maximum atomic E-state index is 10.8. The number of halogens is 1. The highest BCUT2D eigenvalue weighted by Gasteiger charge is 2.24. The molecule has 6 nitrogen and oxygen atoms in total. The summed E-state index contributed by atoms with van der Waals surface area (Å²) in [7, 11) is -4.06. The van der Waals surface area contributed by atoms with Crippen molar-refractivity contribution in [2.75, 3.05) is 0 Å². The Bertz CT molecular complexity index is 447. The third kappa shape index (κ3) is 2.08. The highest BCUT2D eigenvalue weighted by atomic mass is 79.9. The molecule has 1 rings (SSSR count). The van der Waals surface area contributed by atoms with Gasteiger partial charge in [0, 0.05) is 6.07 Å². The van der Waals surface area contributed by atoms with Gasteiger partial charge in [0.2, 0.25) is 15.8 Å². The van der Waals surface area contributed by atoms with Crippen molar-refractivity contribution in [3.05, 3.63) is 16.5 Å². The molecule has 3 N–H and O–H groups in total. The average Bonchev–Trinajstić information content (AvgIpc) is 2.29. The molecule has 72 valence electrons. The molecule has 0 aliphatic heterocycles. The van der Waals surface area contributed by atoms with Crippen molar-refractivity contribution in [1.29, 1.82) is 0 Å². The summed E-state index contributed by atoms with van der Waals surface area (Å²) in [5, 5.41) is 13.2. The van der Waals surface area contributed by atoms with E-state index in [0.717, 1.165) is 6.07 Å². The molecule has 0 atom stereocenters. The van der Waals surface area contributed by atoms with E-state index in [0.29, 0.717) is 0 Å². The molecule has 1 aromatic rings. The summed E-state index contributed by atoms with van der Waals surface area (Å²) in [6, 6.07) is 0.985. The van der Waals surface area contributed by atoms with Gasteiger partial charge < -0.3 is 9.52 Å². The van der Waals surface area contributed by atoms with Crippen molar-refractivity contribution < 1.29 is 22.7 Å². The largest absolute Gasteiger partial charge is 0.475 e. The molecule has 0 saturated heterocycles. The van der Waals surface area contributed by atoms with Crippen LogP contribution < -0.4 is 5.14 Å². The van der Waals surface area contributed by atoms with Gasteiger partial charge >= 0.3 is 5.97 Å². The molecule has 0 saturated carbocycles. The van der Waals surface area contributed by atoms with Gasteiger partial charge in [0.1, 0.15) is 4.90 Å². The summed E-state index contributed by atoms with van der Waals surface area (Å²) in [5.41, 5.74) is 0. The molecule has 0 aliphatic carbocycles. The van der Waals surface area contributed by atoms with E-state index >= 15 is 0 Å². The van der Waals surface area contributed by atoms with Crippen molar-refractivity contribution in [1.82, 2.24) is 0 Å². The van der Waals surface area contributed by atoms with Gasteiger partial charge in [0.15, 0.2) is 4.67 Å². The minimum Gasteiger partial charge on any atom is -0.475 e. The predicted molar refractivity (Wildman–Crippen MR) is 44.7 cm³/mol. The Morgan fingerprint density at radius 2 is 2.15 bits per heavy atom. The summed E-state index contributed by atoms with van der Waals surface area (Å²) in [6.45, 7) is 0. The Labute approximate surface area is 81.5 Å². The number of carboxylic acids is 1. The number of hydrogen-bond acceptors (Lipinski definition) is 4. The molecule has 0 spiro atoms. The van der Waals surface area contributed by atoms with Crippen molar-refractivity contribution in [3.8, 4) is 0 Å². The molecule has 0 aromatic carbocycles. The van der Waals surface area contributed by atoms with Crippen LogP contribution in [0.1, 0.15) is 10.6 Å². The monoisotopic (exact) mass is 269 g/mol. The first-order chi connectivity index (χ1) is 5.82. The summed E-state index contributed by atoms with van der Waals surface area (Å²) in [4.78, 5) is 9.90. The molecule has 0 bridgehead atoms. The summed E-state index contributed by atoms with van der Waals surface area (Å²) in [5.74, 6) is -2.19. The highest BCUT2D eigenvalue weighted by molar-refractivity contribution is 9.10. The maximum Gasteiger partial charge on any atom is 0.373 e. The molecule has 0 aliphatic rings. The van der Waals surface area contributed by atoms with Crippen LogP contribution in [-0.2, 0) is 10.0 Å². The number of primary sulfonamides is 1. The second-order valence-electron chi connectivity index (χ2n) is 2.09. The zero-order valence-corrected chi connectivity index (χ0v) is 8.42. The number of nitrogens with two attached hydrogens (primary N) is 1. The van der Waals surface area contributed by atoms with Crippen LogP contribution in [0.3, 0.4) is 0 Å². The lowest BCUT2D eigenvalue weighted by atomic mass is 10.5. The van der Waals surface area contributed by atoms with Crippen LogP contribution in [0.25, 0.3) is 0 Å². The Balaban J connectivity index is 3.46. The molecule has 8 heteroatoms. The van der Waals surface area contributed by atoms with Crippen molar-refractivity contribution >= 4 is 31.9 Å². The second kappa shape index (κ2) is 3.13. The fourth-order valence-corrected chi connectivity index (χ4v) is 1.91. The average molecular weight is 270 g/mol. The van der Waals surface area contributed by atoms with Crippen LogP contribution in [0.5, 0.6) is 0 Å². The number of hydrogen-bond donors (Lipinski definition) is 2. The highest BCUT2D eigenvalue weighted by Crippen LogP contribution is 2.23. The number of furan rings is 1. The van der Waals surface area contributed by atoms with Crippen molar-refractivity contribution in [2.24, 2.45) is 5.14 Å². The first-order valence-electron chi connectivity index (χ1n) is 2.88. The lowest BCUT2D eigenvalue weighted by molar-refractivity contribution is 0.0655. The number of sulfonamides is 1. The molecule has 0 radical (unpaired) electrons. The van der Waals surface area contributed by atoms with Crippen LogP contribution in [0.4, 0.5) is 0 Å². The first kappa shape index (κ1) is 10.2. The predicted octanol–water partition coefficient (Wildman–Crippen LogP) is 0.388. The first-order valence-corrected chi connectivity index (χ1v) is 5.21. The van der Waals surface area contributed by atoms with Crippen LogP contribution in [0.15, 0.2) is 20.0 Å². The van der Waals surface area contributed by atoms with E-state index in [4.69, 9.17) is 10.2 Å². The Kier molecular flexibility index (Phi) is 2.46. The van der Waals surface area contributed by atoms with E-state index in [1.165, 1.54) is 0 Å². The number of rotatable bonds is 2. The van der Waals surface area contributed by atoms with Gasteiger partial charge in [0.25, 0.3) is 0 Å². The minimum absolute atomic E-state index is 0.00562. The Morgan fingerprint density at radius 3 is 2.46 bits per heavy atom. The van der Waals surface area contributed by atoms with Crippen molar-refractivity contribution in [3.63, 3.8) is 0 Å². The van der Waals surface area contributed by atoms with Gasteiger partial charge in [-0.3, -0.25) is 0 Å². The third-order valence-electron chi connectivity index (χ3n) is 1.17. The van der Waals surface area contributed by atoms with Gasteiger partial charge in [-0.2, -0.15) is 0 Å². The van der Waals surface area contributed by atoms with Gasteiger partial charge in [0.05, 0.1) is 0 Å². The molecule has 1 heterocycles. The molecule has 0 unspecified atom stereocenters. The summed E-state index contributed by atoms with van der Waals surface area (Å²) >= 11 is 2.79. The van der Waals surface area contributed by atoms with Crippen LogP contribution in [0, 0.1) is 0 Å². The SMILES string of the molecule is NS(=O)(=O)c1cc(Br)oc1C(=O)O. The topological polar surface area (TPSA) is 111 Å². The second-order valence-corrected chi connectivity index (χ2v) is 4.41. The lowest BCUT2D eigenvalue weighted by Crippen LogP contribution is -2.14. The Hall–Kier alpha value is -0.860. The van der Waals surface area contributed by atoms with Crippen LogP contribution >= 0.6 is 15.9 Å². The zero-order valence-electron chi connectivity index (χ0n) is 6.02. The molecular weight excluding hydrogens is 266 g/mol. The fourth-order valence-electron chi connectivity index (χ4n) is 0.706. The van der Waals surface area contributed by atoms with Gasteiger partial charge in [-0.1, -0.05) is 0 Å². The number of carbonyl (C=O) groups is 1. The minimum atomic E-state index is -4.06. The Morgan fingerprint density at radius 1 is 1.62 bits per heavy atom. The molecule has 0 fully saturated rings. The quantitative estimate of drug-likeness (QED) is 0.807. The third-order valence-corrected chi connectivity index (χ3v) is 2.48. The van der Waals surface area contributed by atoms with E-state index < -0.39 is 26.6 Å². The number of aromatic carboxylic acids is 1. The van der Waals surface area contributed by atoms with Gasteiger partial charge in [-0.05, 0) is 15.9 Å². The van der Waals surface area contributed by atoms with Crippen LogP contribution in [-0.4, -0.2) is 19.5 Å². The van der Waals surface area contributed by atoms with E-state index in [1.54, 1.807) is 0 Å². The van der Waals surface area contributed by atoms with Gasteiger partial charge in [-0.15, -0.1) is 0 Å². The van der Waals surface area contributed by atoms with Crippen molar-refractivity contribution in [2.45, 2.75) is 4.90 Å². The normalized spacial score (nSPS) is 11.5. The smallest absolute Gasteiger partial charge is 0.373 e. The summed E-state index contributed by atoms with van der Waals surface area (Å²) < 4.78 is 26.2. The van der Waals surface area contributed by atoms with E-state index in [9.17, 15) is 13.2 Å². The van der Waals surface area contributed by atoms with E-state index in [2.05, 4.69) is 20.3 Å². The van der Waals surface area contributed by atoms with E-state index in [1.807, 2.05) is 0 Å². The zero-order chi connectivity index (χ0) is 10.2. The molecule has 1 aromatic heterocycles. The standard InChI is InChI=1S/C5H4BrNO5S/c6-3-1-2(13(7,10)11)4(12-3)5(8)9/h1H,(H,8,9)(H2,7,10,11). The van der Waals surface area contributed by atoms with E-state index in [-0.39, 0.29) is 4.67 Å². The van der Waals surface area contributed by atoms with Crippen LogP contribution in [0.2, 0.25) is 0 Å². The lowest BCUT2D eigenvalue weighted by Gasteiger charge is -1.92. The molecule has 0 amide bonds.